The van der Waals surface area contributed by atoms with Crippen LogP contribution in [-0.4, -0.2) is 37.0 Å². The van der Waals surface area contributed by atoms with E-state index in [-0.39, 0.29) is 23.8 Å². The summed E-state index contributed by atoms with van der Waals surface area (Å²) in [5, 5.41) is 5.22. The highest BCUT2D eigenvalue weighted by Crippen LogP contribution is 2.30. The molecule has 5 amide bonds. The van der Waals surface area contributed by atoms with Gasteiger partial charge in [0.15, 0.2) is 18.1 Å². The predicted molar refractivity (Wildman–Crippen MR) is 139 cm³/mol. The SMILES string of the molecule is CCOc1cc(/C=C2\C(=O)NC(=O)N(c3cccc(Cl)c3)C2=O)ccc1OCC(=O)Nc1ccccc1. The second-order valence-corrected chi connectivity index (χ2v) is 8.22. The van der Waals surface area contributed by atoms with E-state index in [1.165, 1.54) is 18.2 Å². The number of urea groups is 1. The van der Waals surface area contributed by atoms with Crippen LogP contribution in [0.5, 0.6) is 11.5 Å². The van der Waals surface area contributed by atoms with Crippen LogP contribution in [-0.2, 0) is 14.4 Å². The van der Waals surface area contributed by atoms with Crippen LogP contribution in [0.15, 0.2) is 78.4 Å². The number of para-hydroxylation sites is 1. The zero-order chi connectivity index (χ0) is 26.4. The molecular weight excluding hydrogens is 498 g/mol. The molecule has 4 rings (SSSR count). The molecular formula is C27H22ClN3O6. The largest absolute Gasteiger partial charge is 0.490 e. The summed E-state index contributed by atoms with van der Waals surface area (Å²) in [4.78, 5) is 51.1. The Morgan fingerprint density at radius 1 is 0.973 bits per heavy atom. The third kappa shape index (κ3) is 6.14. The Hall–Kier alpha value is -4.63. The molecule has 3 aromatic carbocycles. The van der Waals surface area contributed by atoms with Crippen LogP contribution in [0.4, 0.5) is 16.2 Å². The summed E-state index contributed by atoms with van der Waals surface area (Å²) in [6.07, 6.45) is 1.34. The molecule has 0 bridgehead atoms. The van der Waals surface area contributed by atoms with Gasteiger partial charge < -0.3 is 14.8 Å². The van der Waals surface area contributed by atoms with E-state index >= 15 is 0 Å². The lowest BCUT2D eigenvalue weighted by molar-refractivity contribution is -0.122. The number of amides is 5. The first-order chi connectivity index (χ1) is 17.9. The fourth-order valence-corrected chi connectivity index (χ4v) is 3.72. The molecule has 1 fully saturated rings. The van der Waals surface area contributed by atoms with Crippen molar-refractivity contribution >= 4 is 52.8 Å². The number of carbonyl (C=O) groups is 4. The Kier molecular flexibility index (Phi) is 7.85. The predicted octanol–water partition coefficient (Wildman–Crippen LogP) is 4.42. The van der Waals surface area contributed by atoms with Gasteiger partial charge in [-0.25, -0.2) is 9.69 Å². The molecule has 1 heterocycles. The first kappa shape index (κ1) is 25.5. The van der Waals surface area contributed by atoms with Gasteiger partial charge in [-0.3, -0.25) is 19.7 Å². The molecule has 0 unspecified atom stereocenters. The molecule has 2 N–H and O–H groups in total. The van der Waals surface area contributed by atoms with Gasteiger partial charge >= 0.3 is 6.03 Å². The summed E-state index contributed by atoms with van der Waals surface area (Å²) >= 11 is 6.00. The zero-order valence-corrected chi connectivity index (χ0v) is 20.5. The van der Waals surface area contributed by atoms with Crippen LogP contribution in [0.1, 0.15) is 12.5 Å². The third-order valence-electron chi connectivity index (χ3n) is 5.16. The highest BCUT2D eigenvalue weighted by Gasteiger charge is 2.36. The van der Waals surface area contributed by atoms with E-state index in [1.54, 1.807) is 61.5 Å². The monoisotopic (exact) mass is 519 g/mol. The number of halogens is 1. The van der Waals surface area contributed by atoms with Gasteiger partial charge in [0.1, 0.15) is 5.57 Å². The number of hydrogen-bond acceptors (Lipinski definition) is 6. The normalized spacial score (nSPS) is 14.4. The van der Waals surface area contributed by atoms with Crippen molar-refractivity contribution in [3.8, 4) is 11.5 Å². The Morgan fingerprint density at radius 3 is 2.49 bits per heavy atom. The van der Waals surface area contributed by atoms with Crippen molar-refractivity contribution in [3.05, 3.63) is 89.0 Å². The van der Waals surface area contributed by atoms with Gasteiger partial charge in [0, 0.05) is 10.7 Å². The number of barbiturate groups is 1. The maximum absolute atomic E-state index is 13.1. The van der Waals surface area contributed by atoms with E-state index in [9.17, 15) is 19.2 Å². The molecule has 1 aliphatic heterocycles. The quantitative estimate of drug-likeness (QED) is 0.336. The Balaban J connectivity index is 1.54. The van der Waals surface area contributed by atoms with Crippen molar-refractivity contribution in [1.29, 1.82) is 0 Å². The van der Waals surface area contributed by atoms with Gasteiger partial charge in [-0.1, -0.05) is 41.9 Å². The molecule has 10 heteroatoms. The van der Waals surface area contributed by atoms with Gasteiger partial charge in [0.2, 0.25) is 0 Å². The van der Waals surface area contributed by atoms with Crippen molar-refractivity contribution in [2.75, 3.05) is 23.4 Å². The summed E-state index contributed by atoms with van der Waals surface area (Å²) in [6.45, 7) is 1.83. The van der Waals surface area contributed by atoms with Gasteiger partial charge in [-0.2, -0.15) is 0 Å². The minimum Gasteiger partial charge on any atom is -0.490 e. The van der Waals surface area contributed by atoms with Crippen molar-refractivity contribution in [2.24, 2.45) is 0 Å². The number of hydrogen-bond donors (Lipinski definition) is 2. The van der Waals surface area contributed by atoms with E-state index < -0.39 is 17.8 Å². The number of imide groups is 2. The number of benzene rings is 3. The molecule has 3 aromatic rings. The minimum absolute atomic E-state index is 0.223. The van der Waals surface area contributed by atoms with E-state index in [2.05, 4.69) is 10.6 Å². The van der Waals surface area contributed by atoms with Crippen LogP contribution >= 0.6 is 11.6 Å². The minimum atomic E-state index is -0.873. The summed E-state index contributed by atoms with van der Waals surface area (Å²) in [5.41, 5.74) is 1.06. The van der Waals surface area contributed by atoms with E-state index in [0.717, 1.165) is 4.90 Å². The maximum atomic E-state index is 13.1. The molecule has 37 heavy (non-hydrogen) atoms. The smallest absolute Gasteiger partial charge is 0.335 e. The van der Waals surface area contributed by atoms with E-state index in [0.29, 0.717) is 34.4 Å². The molecule has 0 spiro atoms. The summed E-state index contributed by atoms with van der Waals surface area (Å²) in [7, 11) is 0. The van der Waals surface area contributed by atoms with Gasteiger partial charge in [0.05, 0.1) is 12.3 Å². The molecule has 9 nitrogen and oxygen atoms in total. The molecule has 0 atom stereocenters. The van der Waals surface area contributed by atoms with Crippen molar-refractivity contribution in [2.45, 2.75) is 6.92 Å². The summed E-state index contributed by atoms with van der Waals surface area (Å²) in [6, 6.07) is 19.0. The summed E-state index contributed by atoms with van der Waals surface area (Å²) in [5.74, 6) is -1.36. The average Bonchev–Trinajstić information content (AvgIpc) is 2.87. The van der Waals surface area contributed by atoms with E-state index in [1.807, 2.05) is 6.07 Å². The summed E-state index contributed by atoms with van der Waals surface area (Å²) < 4.78 is 11.3. The molecule has 1 saturated heterocycles. The van der Waals surface area contributed by atoms with Crippen molar-refractivity contribution in [3.63, 3.8) is 0 Å². The second kappa shape index (κ2) is 11.4. The van der Waals surface area contributed by atoms with Crippen LogP contribution in [0.25, 0.3) is 6.08 Å². The lowest BCUT2D eigenvalue weighted by Gasteiger charge is -2.26. The van der Waals surface area contributed by atoms with Crippen LogP contribution < -0.4 is 25.0 Å². The first-order valence-electron chi connectivity index (χ1n) is 11.3. The number of nitrogens with one attached hydrogen (secondary N) is 2. The molecule has 1 aliphatic rings. The van der Waals surface area contributed by atoms with Gasteiger partial charge in [-0.15, -0.1) is 0 Å². The number of rotatable bonds is 8. The lowest BCUT2D eigenvalue weighted by Crippen LogP contribution is -2.54. The average molecular weight is 520 g/mol. The first-order valence-corrected chi connectivity index (χ1v) is 11.6. The fraction of sp³-hybridized carbons (Fsp3) is 0.111. The molecule has 188 valence electrons. The molecule has 0 radical (unpaired) electrons. The van der Waals surface area contributed by atoms with Crippen LogP contribution in [0.3, 0.4) is 0 Å². The van der Waals surface area contributed by atoms with Crippen LogP contribution in [0, 0.1) is 0 Å². The van der Waals surface area contributed by atoms with Gasteiger partial charge in [-0.05, 0) is 61.0 Å². The highest BCUT2D eigenvalue weighted by molar-refractivity contribution is 6.39. The number of ether oxygens (including phenoxy) is 2. The molecule has 0 saturated carbocycles. The second-order valence-electron chi connectivity index (χ2n) is 7.78. The number of nitrogens with zero attached hydrogens (tertiary/aromatic N) is 1. The van der Waals surface area contributed by atoms with Gasteiger partial charge in [0.25, 0.3) is 17.7 Å². The highest BCUT2D eigenvalue weighted by atomic mass is 35.5. The van der Waals surface area contributed by atoms with Crippen molar-refractivity contribution in [1.82, 2.24) is 5.32 Å². The maximum Gasteiger partial charge on any atom is 0.335 e. The Morgan fingerprint density at radius 2 is 1.76 bits per heavy atom. The molecule has 0 aromatic heterocycles. The van der Waals surface area contributed by atoms with E-state index in [4.69, 9.17) is 21.1 Å². The fourth-order valence-electron chi connectivity index (χ4n) is 3.54. The molecule has 0 aliphatic carbocycles. The third-order valence-corrected chi connectivity index (χ3v) is 5.40. The lowest BCUT2D eigenvalue weighted by atomic mass is 10.1. The number of carbonyl (C=O) groups excluding carboxylic acids is 4. The van der Waals surface area contributed by atoms with Crippen molar-refractivity contribution < 1.29 is 28.7 Å². The zero-order valence-electron chi connectivity index (χ0n) is 19.7. The Labute approximate surface area is 217 Å². The Bertz CT molecular complexity index is 1390. The topological polar surface area (TPSA) is 114 Å². The standard InChI is InChI=1S/C27H22ClN3O6/c1-2-36-23-14-17(11-12-22(23)37-16-24(32)29-19-8-4-3-5-9-19)13-21-25(33)30-27(35)31(26(21)34)20-10-6-7-18(28)15-20/h3-15H,2,16H2,1H3,(H,29,32)(H,30,33,35)/b21-13+. The van der Waals surface area contributed by atoms with Crippen LogP contribution in [0.2, 0.25) is 5.02 Å². The number of anilines is 2.